The normalized spacial score (nSPS) is 20.3. The highest BCUT2D eigenvalue weighted by Crippen LogP contribution is 2.31. The molecule has 0 aliphatic carbocycles. The van der Waals surface area contributed by atoms with Crippen molar-refractivity contribution in [2.24, 2.45) is 4.99 Å². The summed E-state index contributed by atoms with van der Waals surface area (Å²) >= 11 is 0. The van der Waals surface area contributed by atoms with Crippen LogP contribution < -0.4 is 5.32 Å². The summed E-state index contributed by atoms with van der Waals surface area (Å²) in [6, 6.07) is 31.5. The first-order valence-electron chi connectivity index (χ1n) is 7.91. The van der Waals surface area contributed by atoms with Gasteiger partial charge >= 0.3 is 0 Å². The van der Waals surface area contributed by atoms with Crippen LogP contribution in [0.4, 0.5) is 0 Å². The highest BCUT2D eigenvalue weighted by atomic mass is 15.2. The van der Waals surface area contributed by atoms with Crippen molar-refractivity contribution >= 4 is 5.71 Å². The van der Waals surface area contributed by atoms with Gasteiger partial charge < -0.3 is 0 Å². The van der Waals surface area contributed by atoms with E-state index in [2.05, 4.69) is 78.1 Å². The standard InChI is InChI=1S/C21H18N2/c1-4-10-16(11-5-1)19-20(17-12-6-2-7-13-17)23-21(22-19)18-14-8-3-9-15-18/h1-15,19,21-22H. The third-order valence-corrected chi connectivity index (χ3v) is 4.18. The van der Waals surface area contributed by atoms with E-state index in [1.54, 1.807) is 0 Å². The largest absolute Gasteiger partial charge is 0.280 e. The first-order valence-corrected chi connectivity index (χ1v) is 7.91. The third-order valence-electron chi connectivity index (χ3n) is 4.18. The van der Waals surface area contributed by atoms with Crippen molar-refractivity contribution in [3.05, 3.63) is 108 Å². The number of nitrogens with zero attached hydrogens (tertiary/aromatic N) is 1. The van der Waals surface area contributed by atoms with Gasteiger partial charge in [0.1, 0.15) is 6.17 Å². The molecule has 0 saturated heterocycles. The predicted octanol–water partition coefficient (Wildman–Crippen LogP) is 4.52. The fraction of sp³-hybridized carbons (Fsp3) is 0.0952. The predicted molar refractivity (Wildman–Crippen MR) is 94.5 cm³/mol. The van der Waals surface area contributed by atoms with Gasteiger partial charge in [-0.05, 0) is 16.7 Å². The van der Waals surface area contributed by atoms with Gasteiger partial charge in [0.15, 0.2) is 0 Å². The van der Waals surface area contributed by atoms with E-state index < -0.39 is 0 Å². The molecule has 23 heavy (non-hydrogen) atoms. The van der Waals surface area contributed by atoms with E-state index in [1.165, 1.54) is 16.7 Å². The number of aliphatic imine (C=N–C) groups is 1. The quantitative estimate of drug-likeness (QED) is 0.755. The molecule has 1 aliphatic rings. The van der Waals surface area contributed by atoms with Gasteiger partial charge in [0.25, 0.3) is 0 Å². The number of hydrogen-bond donors (Lipinski definition) is 1. The Morgan fingerprint density at radius 3 is 1.74 bits per heavy atom. The minimum atomic E-state index is -0.00314. The molecule has 2 atom stereocenters. The highest BCUT2D eigenvalue weighted by molar-refractivity contribution is 6.06. The molecular weight excluding hydrogens is 280 g/mol. The van der Waals surface area contributed by atoms with Crippen molar-refractivity contribution in [2.45, 2.75) is 12.2 Å². The third kappa shape index (κ3) is 2.81. The molecule has 2 heteroatoms. The topological polar surface area (TPSA) is 24.4 Å². The van der Waals surface area contributed by atoms with Crippen LogP contribution in [0.5, 0.6) is 0 Å². The van der Waals surface area contributed by atoms with Gasteiger partial charge in [-0.25, -0.2) is 0 Å². The maximum atomic E-state index is 4.99. The minimum Gasteiger partial charge on any atom is -0.280 e. The van der Waals surface area contributed by atoms with E-state index in [1.807, 2.05) is 18.2 Å². The number of hydrogen-bond acceptors (Lipinski definition) is 2. The molecule has 0 saturated carbocycles. The van der Waals surface area contributed by atoms with Crippen LogP contribution in [0.2, 0.25) is 0 Å². The molecule has 3 aromatic carbocycles. The molecule has 1 heterocycles. The van der Waals surface area contributed by atoms with Crippen LogP contribution in [0.25, 0.3) is 0 Å². The summed E-state index contributed by atoms with van der Waals surface area (Å²) in [4.78, 5) is 4.99. The van der Waals surface area contributed by atoms with Crippen LogP contribution in [0.15, 0.2) is 96.0 Å². The van der Waals surface area contributed by atoms with Gasteiger partial charge in [0.05, 0.1) is 11.8 Å². The molecule has 1 N–H and O–H groups in total. The lowest BCUT2D eigenvalue weighted by atomic mass is 9.97. The Morgan fingerprint density at radius 2 is 1.13 bits per heavy atom. The molecule has 4 rings (SSSR count). The lowest BCUT2D eigenvalue weighted by Gasteiger charge is -2.16. The van der Waals surface area contributed by atoms with Crippen LogP contribution in [-0.2, 0) is 0 Å². The monoisotopic (exact) mass is 298 g/mol. The first-order chi connectivity index (χ1) is 11.4. The van der Waals surface area contributed by atoms with Crippen LogP contribution in [0, 0.1) is 0 Å². The molecule has 0 fully saturated rings. The second kappa shape index (κ2) is 6.19. The summed E-state index contributed by atoms with van der Waals surface area (Å²) in [6.45, 7) is 0. The number of benzene rings is 3. The molecule has 0 radical (unpaired) electrons. The Bertz CT molecular complexity index is 795. The highest BCUT2D eigenvalue weighted by Gasteiger charge is 2.30. The molecule has 1 aliphatic heterocycles. The zero-order valence-corrected chi connectivity index (χ0v) is 12.8. The fourth-order valence-electron chi connectivity index (χ4n) is 3.04. The van der Waals surface area contributed by atoms with Crippen molar-refractivity contribution in [3.8, 4) is 0 Å². The lowest BCUT2D eigenvalue weighted by molar-refractivity contribution is 0.574. The van der Waals surface area contributed by atoms with E-state index in [9.17, 15) is 0 Å². The fourth-order valence-corrected chi connectivity index (χ4v) is 3.04. The van der Waals surface area contributed by atoms with Crippen LogP contribution in [0.1, 0.15) is 28.9 Å². The van der Waals surface area contributed by atoms with Crippen molar-refractivity contribution < 1.29 is 0 Å². The Labute approximate surface area is 136 Å². The summed E-state index contributed by atoms with van der Waals surface area (Å²) in [7, 11) is 0. The molecular formula is C21H18N2. The average molecular weight is 298 g/mol. The summed E-state index contributed by atoms with van der Waals surface area (Å²) in [6.07, 6.45) is -0.00314. The van der Waals surface area contributed by atoms with E-state index >= 15 is 0 Å². The van der Waals surface area contributed by atoms with Crippen molar-refractivity contribution in [3.63, 3.8) is 0 Å². The van der Waals surface area contributed by atoms with Crippen molar-refractivity contribution in [1.29, 1.82) is 0 Å². The molecule has 0 amide bonds. The van der Waals surface area contributed by atoms with Gasteiger partial charge in [-0.1, -0.05) is 91.0 Å². The molecule has 112 valence electrons. The van der Waals surface area contributed by atoms with Crippen LogP contribution in [0.3, 0.4) is 0 Å². The van der Waals surface area contributed by atoms with Crippen molar-refractivity contribution in [1.82, 2.24) is 5.32 Å². The molecule has 0 aromatic heterocycles. The Morgan fingerprint density at radius 1 is 0.609 bits per heavy atom. The minimum absolute atomic E-state index is 0.00314. The van der Waals surface area contributed by atoms with Gasteiger partial charge in [-0.2, -0.15) is 0 Å². The smallest absolute Gasteiger partial charge is 0.126 e. The SMILES string of the molecule is c1ccc(C2=NC(c3ccccc3)NC2c2ccccc2)cc1. The maximum Gasteiger partial charge on any atom is 0.126 e. The Hall–Kier alpha value is -2.71. The Kier molecular flexibility index (Phi) is 3.75. The lowest BCUT2D eigenvalue weighted by Crippen LogP contribution is -2.23. The number of nitrogens with one attached hydrogen (secondary N) is 1. The second-order valence-corrected chi connectivity index (χ2v) is 5.70. The molecule has 2 nitrogen and oxygen atoms in total. The van der Waals surface area contributed by atoms with Gasteiger partial charge in [-0.3, -0.25) is 10.3 Å². The van der Waals surface area contributed by atoms with E-state index in [-0.39, 0.29) is 12.2 Å². The second-order valence-electron chi connectivity index (χ2n) is 5.70. The number of rotatable bonds is 3. The zero-order valence-electron chi connectivity index (χ0n) is 12.8. The van der Waals surface area contributed by atoms with E-state index in [0.717, 1.165) is 5.71 Å². The molecule has 0 spiro atoms. The first kappa shape index (κ1) is 13.9. The van der Waals surface area contributed by atoms with Crippen LogP contribution >= 0.6 is 0 Å². The van der Waals surface area contributed by atoms with Gasteiger partial charge in [-0.15, -0.1) is 0 Å². The van der Waals surface area contributed by atoms with E-state index in [0.29, 0.717) is 0 Å². The zero-order chi connectivity index (χ0) is 15.5. The summed E-state index contributed by atoms with van der Waals surface area (Å²) < 4.78 is 0. The maximum absolute atomic E-state index is 4.99. The molecule has 3 aromatic rings. The van der Waals surface area contributed by atoms with Crippen LogP contribution in [-0.4, -0.2) is 5.71 Å². The van der Waals surface area contributed by atoms with Gasteiger partial charge in [0, 0.05) is 0 Å². The summed E-state index contributed by atoms with van der Waals surface area (Å²) in [5, 5.41) is 3.67. The molecule has 0 bridgehead atoms. The summed E-state index contributed by atoms with van der Waals surface area (Å²) in [5.41, 5.74) is 4.71. The average Bonchev–Trinajstić information content (AvgIpc) is 3.09. The van der Waals surface area contributed by atoms with E-state index in [4.69, 9.17) is 4.99 Å². The van der Waals surface area contributed by atoms with Crippen molar-refractivity contribution in [2.75, 3.05) is 0 Å². The van der Waals surface area contributed by atoms with Gasteiger partial charge in [0.2, 0.25) is 0 Å². The molecule has 2 unspecified atom stereocenters. The Balaban J connectivity index is 1.76. The summed E-state index contributed by atoms with van der Waals surface area (Å²) in [5.74, 6) is 0.